The lowest BCUT2D eigenvalue weighted by Gasteiger charge is -2.40. The molecule has 1 fully saturated rings. The number of rotatable bonds is 3. The number of hydrogen-bond acceptors (Lipinski definition) is 3. The Morgan fingerprint density at radius 3 is 2.78 bits per heavy atom. The van der Waals surface area contributed by atoms with Gasteiger partial charge in [-0.15, -0.1) is 0 Å². The van der Waals surface area contributed by atoms with Crippen LogP contribution in [0.4, 0.5) is 5.82 Å². The first-order chi connectivity index (χ1) is 8.72. The molecule has 0 amide bonds. The number of pyridine rings is 1. The molecule has 5 heteroatoms. The van der Waals surface area contributed by atoms with E-state index in [1.54, 1.807) is 0 Å². The lowest BCUT2D eigenvalue weighted by atomic mass is 10.00. The van der Waals surface area contributed by atoms with Crippen LogP contribution in [0, 0.1) is 12.8 Å². The van der Waals surface area contributed by atoms with Gasteiger partial charge in [0, 0.05) is 48.6 Å². The van der Waals surface area contributed by atoms with E-state index in [1.165, 1.54) is 0 Å². The smallest absolute Gasteiger partial charge is 0.128 e. The maximum Gasteiger partial charge on any atom is 0.128 e. The highest BCUT2D eigenvalue weighted by Crippen LogP contribution is 2.24. The van der Waals surface area contributed by atoms with Crippen molar-refractivity contribution in [3.63, 3.8) is 0 Å². The van der Waals surface area contributed by atoms with Crippen LogP contribution >= 0.6 is 15.9 Å². The number of imidazole rings is 1. The van der Waals surface area contributed by atoms with Crippen molar-refractivity contribution in [1.82, 2.24) is 14.5 Å². The van der Waals surface area contributed by atoms with E-state index >= 15 is 0 Å². The Hall–Kier alpha value is -1.36. The van der Waals surface area contributed by atoms with Crippen molar-refractivity contribution in [2.75, 3.05) is 18.0 Å². The molecule has 18 heavy (non-hydrogen) atoms. The average molecular weight is 307 g/mol. The van der Waals surface area contributed by atoms with Gasteiger partial charge in [0.1, 0.15) is 11.6 Å². The van der Waals surface area contributed by atoms with E-state index in [0.717, 1.165) is 35.7 Å². The van der Waals surface area contributed by atoms with Crippen molar-refractivity contribution in [2.24, 2.45) is 5.92 Å². The van der Waals surface area contributed by atoms with Crippen molar-refractivity contribution in [3.05, 3.63) is 41.0 Å². The molecule has 0 saturated carbocycles. The van der Waals surface area contributed by atoms with Crippen molar-refractivity contribution >= 4 is 21.7 Å². The third kappa shape index (κ3) is 2.27. The summed E-state index contributed by atoms with van der Waals surface area (Å²) < 4.78 is 3.24. The van der Waals surface area contributed by atoms with E-state index in [4.69, 9.17) is 0 Å². The van der Waals surface area contributed by atoms with Gasteiger partial charge in [-0.1, -0.05) is 0 Å². The van der Waals surface area contributed by atoms with E-state index in [1.807, 2.05) is 25.4 Å². The number of hydrogen-bond donors (Lipinski definition) is 0. The van der Waals surface area contributed by atoms with E-state index in [2.05, 4.69) is 47.6 Å². The summed E-state index contributed by atoms with van der Waals surface area (Å²) in [6.07, 6.45) is 5.76. The number of nitrogens with zero attached hydrogens (tertiary/aromatic N) is 4. The topological polar surface area (TPSA) is 34.0 Å². The van der Waals surface area contributed by atoms with Gasteiger partial charge in [0.25, 0.3) is 0 Å². The van der Waals surface area contributed by atoms with Gasteiger partial charge in [-0.25, -0.2) is 9.97 Å². The maximum absolute atomic E-state index is 4.41. The van der Waals surface area contributed by atoms with Gasteiger partial charge >= 0.3 is 0 Å². The molecular formula is C13H15BrN4. The Labute approximate surface area is 115 Å². The van der Waals surface area contributed by atoms with E-state index in [-0.39, 0.29) is 0 Å². The Kier molecular flexibility index (Phi) is 3.07. The van der Waals surface area contributed by atoms with Crippen molar-refractivity contribution in [1.29, 1.82) is 0 Å². The first-order valence-electron chi connectivity index (χ1n) is 6.06. The molecule has 1 aliphatic rings. The summed E-state index contributed by atoms with van der Waals surface area (Å²) in [5.74, 6) is 2.86. The lowest BCUT2D eigenvalue weighted by Crippen LogP contribution is -2.48. The summed E-state index contributed by atoms with van der Waals surface area (Å²) in [5, 5.41) is 0. The highest BCUT2D eigenvalue weighted by atomic mass is 79.9. The molecule has 0 spiro atoms. The Balaban J connectivity index is 1.57. The molecule has 0 radical (unpaired) electrons. The summed E-state index contributed by atoms with van der Waals surface area (Å²) in [6, 6.07) is 4.10. The largest absolute Gasteiger partial charge is 0.356 e. The Morgan fingerprint density at radius 1 is 1.33 bits per heavy atom. The third-order valence-electron chi connectivity index (χ3n) is 3.37. The summed E-state index contributed by atoms with van der Waals surface area (Å²) in [6.45, 7) is 5.25. The maximum atomic E-state index is 4.41. The SMILES string of the molecule is Cc1nccn1CC1CN(c2ccc(Br)cn2)C1. The number of aromatic nitrogens is 3. The van der Waals surface area contributed by atoms with Gasteiger partial charge in [0.05, 0.1) is 0 Å². The minimum Gasteiger partial charge on any atom is -0.356 e. The Bertz CT molecular complexity index is 528. The number of halogens is 1. The number of aryl methyl sites for hydroxylation is 1. The van der Waals surface area contributed by atoms with Crippen LogP contribution in [0.1, 0.15) is 5.82 Å². The predicted molar refractivity (Wildman–Crippen MR) is 74.6 cm³/mol. The van der Waals surface area contributed by atoms with E-state index in [0.29, 0.717) is 5.92 Å². The molecule has 2 aromatic rings. The molecule has 1 aliphatic heterocycles. The van der Waals surface area contributed by atoms with Crippen LogP contribution in [-0.2, 0) is 6.54 Å². The third-order valence-corrected chi connectivity index (χ3v) is 3.84. The lowest BCUT2D eigenvalue weighted by molar-refractivity contribution is 0.352. The van der Waals surface area contributed by atoms with E-state index < -0.39 is 0 Å². The molecule has 0 bridgehead atoms. The van der Waals surface area contributed by atoms with Crippen LogP contribution in [0.2, 0.25) is 0 Å². The van der Waals surface area contributed by atoms with Gasteiger partial charge in [0.2, 0.25) is 0 Å². The van der Waals surface area contributed by atoms with Crippen molar-refractivity contribution in [3.8, 4) is 0 Å². The van der Waals surface area contributed by atoms with Crippen molar-refractivity contribution in [2.45, 2.75) is 13.5 Å². The fourth-order valence-corrected chi connectivity index (χ4v) is 2.54. The molecule has 2 aromatic heterocycles. The normalized spacial score (nSPS) is 15.8. The van der Waals surface area contributed by atoms with Gasteiger partial charge in [-0.05, 0) is 35.0 Å². The molecule has 3 rings (SSSR count). The zero-order chi connectivity index (χ0) is 12.5. The van der Waals surface area contributed by atoms with Gasteiger partial charge in [-0.3, -0.25) is 0 Å². The molecule has 0 aliphatic carbocycles. The Morgan fingerprint density at radius 2 is 2.17 bits per heavy atom. The predicted octanol–water partition coefficient (Wildman–Crippen LogP) is 2.49. The molecular weight excluding hydrogens is 292 g/mol. The highest BCUT2D eigenvalue weighted by molar-refractivity contribution is 9.10. The molecule has 3 heterocycles. The molecule has 1 saturated heterocycles. The summed E-state index contributed by atoms with van der Waals surface area (Å²) >= 11 is 3.40. The fourth-order valence-electron chi connectivity index (χ4n) is 2.30. The number of anilines is 1. The molecule has 4 nitrogen and oxygen atoms in total. The second kappa shape index (κ2) is 4.72. The zero-order valence-electron chi connectivity index (χ0n) is 10.3. The monoisotopic (exact) mass is 306 g/mol. The second-order valence-electron chi connectivity index (χ2n) is 4.73. The standard InChI is InChI=1S/C13H15BrN4/c1-10-15-4-5-17(10)7-11-8-18(9-11)13-3-2-12(14)6-16-13/h2-6,11H,7-9H2,1H3. The quantitative estimate of drug-likeness (QED) is 0.873. The minimum atomic E-state index is 0.698. The van der Waals surface area contributed by atoms with Crippen LogP contribution in [0.15, 0.2) is 35.2 Å². The summed E-state index contributed by atoms with van der Waals surface area (Å²) in [7, 11) is 0. The van der Waals surface area contributed by atoms with Crippen LogP contribution in [-0.4, -0.2) is 27.6 Å². The van der Waals surface area contributed by atoms with Crippen LogP contribution < -0.4 is 4.90 Å². The highest BCUT2D eigenvalue weighted by Gasteiger charge is 2.28. The molecule has 0 N–H and O–H groups in total. The fraction of sp³-hybridized carbons (Fsp3) is 0.385. The summed E-state index contributed by atoms with van der Waals surface area (Å²) in [5.41, 5.74) is 0. The second-order valence-corrected chi connectivity index (χ2v) is 5.65. The van der Waals surface area contributed by atoms with Crippen LogP contribution in [0.3, 0.4) is 0 Å². The minimum absolute atomic E-state index is 0.698. The van der Waals surface area contributed by atoms with Gasteiger partial charge < -0.3 is 9.47 Å². The van der Waals surface area contributed by atoms with E-state index in [9.17, 15) is 0 Å². The molecule has 0 aromatic carbocycles. The zero-order valence-corrected chi connectivity index (χ0v) is 11.8. The summed E-state index contributed by atoms with van der Waals surface area (Å²) in [4.78, 5) is 11.0. The molecule has 0 unspecified atom stereocenters. The average Bonchev–Trinajstić information content (AvgIpc) is 2.71. The molecule has 94 valence electrons. The van der Waals surface area contributed by atoms with Crippen LogP contribution in [0.5, 0.6) is 0 Å². The molecule has 0 atom stereocenters. The first kappa shape index (κ1) is 11.7. The van der Waals surface area contributed by atoms with Crippen LogP contribution in [0.25, 0.3) is 0 Å². The first-order valence-corrected chi connectivity index (χ1v) is 6.86. The van der Waals surface area contributed by atoms with Crippen molar-refractivity contribution < 1.29 is 0 Å². The van der Waals surface area contributed by atoms with Gasteiger partial charge in [0.15, 0.2) is 0 Å². The van der Waals surface area contributed by atoms with Gasteiger partial charge in [-0.2, -0.15) is 0 Å².